The Balaban J connectivity index is 1.77. The first-order valence-corrected chi connectivity index (χ1v) is 9.30. The van der Waals surface area contributed by atoms with E-state index in [0.717, 1.165) is 31.3 Å². The maximum absolute atomic E-state index is 11.9. The van der Waals surface area contributed by atoms with Crippen LogP contribution in [0.2, 0.25) is 0 Å². The first-order valence-electron chi connectivity index (χ1n) is 9.30. The molecule has 130 valence electrons. The van der Waals surface area contributed by atoms with Crippen molar-refractivity contribution < 1.29 is 15.0 Å². The van der Waals surface area contributed by atoms with Crippen molar-refractivity contribution >= 4 is 5.78 Å². The molecule has 0 saturated heterocycles. The van der Waals surface area contributed by atoms with E-state index in [2.05, 4.69) is 13.0 Å². The standard InChI is InChI=1S/C20H27NO3/c1-17-7-5-14(22)11-13(17)3-4-16-15-6-8-19(23,12-21)18(15,2)9-10-20(16,17)24/h11,15-16,23-24H,3-10H2,1-2H3/t15-,16-,17-,18-,19?,20-/m0/s1. The monoisotopic (exact) mass is 329 g/mol. The van der Waals surface area contributed by atoms with Crippen LogP contribution in [0.4, 0.5) is 0 Å². The second kappa shape index (κ2) is 4.71. The molecule has 3 fully saturated rings. The summed E-state index contributed by atoms with van der Waals surface area (Å²) in [4.78, 5) is 11.9. The second-order valence-electron chi connectivity index (χ2n) is 9.07. The highest BCUT2D eigenvalue weighted by Gasteiger charge is 2.69. The lowest BCUT2D eigenvalue weighted by Gasteiger charge is -2.63. The van der Waals surface area contributed by atoms with Gasteiger partial charge in [-0.3, -0.25) is 4.79 Å². The van der Waals surface area contributed by atoms with Crippen LogP contribution in [0.5, 0.6) is 0 Å². The van der Waals surface area contributed by atoms with E-state index < -0.39 is 16.6 Å². The molecule has 0 bridgehead atoms. The minimum Gasteiger partial charge on any atom is -0.389 e. The highest BCUT2D eigenvalue weighted by Crippen LogP contribution is 2.68. The van der Waals surface area contributed by atoms with Crippen molar-refractivity contribution in [3.05, 3.63) is 11.6 Å². The fourth-order valence-corrected chi connectivity index (χ4v) is 6.70. The van der Waals surface area contributed by atoms with Gasteiger partial charge in [-0.15, -0.1) is 0 Å². The van der Waals surface area contributed by atoms with Gasteiger partial charge in [0.15, 0.2) is 11.4 Å². The van der Waals surface area contributed by atoms with Gasteiger partial charge >= 0.3 is 0 Å². The predicted octanol–water partition coefficient (Wildman–Crippen LogP) is 2.89. The number of nitrogens with zero attached hydrogens (tertiary/aromatic N) is 1. The second-order valence-corrected chi connectivity index (χ2v) is 9.07. The summed E-state index contributed by atoms with van der Waals surface area (Å²) in [5, 5.41) is 32.2. The van der Waals surface area contributed by atoms with Crippen LogP contribution in [-0.4, -0.2) is 27.2 Å². The smallest absolute Gasteiger partial charge is 0.156 e. The number of ketones is 1. The topological polar surface area (TPSA) is 81.3 Å². The van der Waals surface area contributed by atoms with Crippen molar-refractivity contribution in [2.24, 2.45) is 22.7 Å². The molecule has 4 nitrogen and oxygen atoms in total. The number of hydrogen-bond acceptors (Lipinski definition) is 4. The van der Waals surface area contributed by atoms with Crippen LogP contribution < -0.4 is 0 Å². The number of carbonyl (C=O) groups is 1. The first-order chi connectivity index (χ1) is 11.2. The summed E-state index contributed by atoms with van der Waals surface area (Å²) in [6, 6.07) is 2.18. The number of aliphatic hydroxyl groups is 2. The molecule has 6 atom stereocenters. The van der Waals surface area contributed by atoms with E-state index in [4.69, 9.17) is 0 Å². The quantitative estimate of drug-likeness (QED) is 0.670. The molecule has 0 amide bonds. The fourth-order valence-electron chi connectivity index (χ4n) is 6.70. The van der Waals surface area contributed by atoms with Crippen molar-refractivity contribution in [2.45, 2.75) is 76.4 Å². The third-order valence-corrected chi connectivity index (χ3v) is 8.49. The first kappa shape index (κ1) is 16.3. The number of rotatable bonds is 0. The third-order valence-electron chi connectivity index (χ3n) is 8.49. The predicted molar refractivity (Wildman–Crippen MR) is 88.7 cm³/mol. The third kappa shape index (κ3) is 1.68. The molecule has 4 rings (SSSR count). The summed E-state index contributed by atoms with van der Waals surface area (Å²) in [5.41, 5.74) is -1.73. The van der Waals surface area contributed by atoms with Crippen LogP contribution in [0.3, 0.4) is 0 Å². The van der Waals surface area contributed by atoms with Crippen molar-refractivity contribution in [3.63, 3.8) is 0 Å². The molecule has 3 saturated carbocycles. The summed E-state index contributed by atoms with van der Waals surface area (Å²) < 4.78 is 0. The molecule has 4 aliphatic carbocycles. The van der Waals surface area contributed by atoms with Gasteiger partial charge in [0, 0.05) is 17.3 Å². The molecule has 0 spiro atoms. The van der Waals surface area contributed by atoms with Gasteiger partial charge in [0.2, 0.25) is 0 Å². The van der Waals surface area contributed by atoms with Crippen LogP contribution in [-0.2, 0) is 4.79 Å². The molecule has 0 radical (unpaired) electrons. The Morgan fingerprint density at radius 2 is 1.83 bits per heavy atom. The molecular weight excluding hydrogens is 302 g/mol. The number of carbonyl (C=O) groups excluding carboxylic acids is 1. The van der Waals surface area contributed by atoms with E-state index in [1.807, 2.05) is 6.92 Å². The zero-order valence-electron chi connectivity index (χ0n) is 14.6. The zero-order valence-corrected chi connectivity index (χ0v) is 14.6. The molecule has 24 heavy (non-hydrogen) atoms. The largest absolute Gasteiger partial charge is 0.389 e. The minimum atomic E-state index is -1.27. The van der Waals surface area contributed by atoms with Crippen molar-refractivity contribution in [1.29, 1.82) is 5.26 Å². The van der Waals surface area contributed by atoms with Gasteiger partial charge in [0.1, 0.15) is 0 Å². The molecule has 0 aliphatic heterocycles. The van der Waals surface area contributed by atoms with E-state index >= 15 is 0 Å². The van der Waals surface area contributed by atoms with Crippen molar-refractivity contribution in [1.82, 2.24) is 0 Å². The van der Waals surface area contributed by atoms with Crippen LogP contribution in [0, 0.1) is 34.0 Å². The Morgan fingerprint density at radius 3 is 2.54 bits per heavy atom. The molecule has 0 aromatic heterocycles. The summed E-state index contributed by atoms with van der Waals surface area (Å²) in [7, 11) is 0. The highest BCUT2D eigenvalue weighted by atomic mass is 16.3. The van der Waals surface area contributed by atoms with Gasteiger partial charge < -0.3 is 10.2 Å². The Bertz CT molecular complexity index is 679. The molecule has 4 aliphatic rings. The van der Waals surface area contributed by atoms with Gasteiger partial charge in [-0.1, -0.05) is 19.4 Å². The van der Waals surface area contributed by atoms with E-state index in [0.29, 0.717) is 25.7 Å². The minimum absolute atomic E-state index is 0.106. The van der Waals surface area contributed by atoms with Crippen LogP contribution in [0.25, 0.3) is 0 Å². The lowest BCUT2D eigenvalue weighted by Crippen LogP contribution is -2.64. The molecular formula is C20H27NO3. The summed E-state index contributed by atoms with van der Waals surface area (Å²) in [6.07, 6.45) is 7.32. The van der Waals surface area contributed by atoms with Crippen LogP contribution in [0.15, 0.2) is 11.6 Å². The molecule has 4 heteroatoms. The van der Waals surface area contributed by atoms with E-state index in [9.17, 15) is 20.3 Å². The Labute approximate surface area is 143 Å². The van der Waals surface area contributed by atoms with E-state index in [1.54, 1.807) is 6.08 Å². The molecule has 0 heterocycles. The van der Waals surface area contributed by atoms with Gasteiger partial charge in [-0.05, 0) is 62.9 Å². The molecule has 1 unspecified atom stereocenters. The number of hydrogen-bond donors (Lipinski definition) is 2. The summed E-state index contributed by atoms with van der Waals surface area (Å²) in [6.45, 7) is 4.18. The van der Waals surface area contributed by atoms with E-state index in [-0.39, 0.29) is 23.0 Å². The van der Waals surface area contributed by atoms with Crippen molar-refractivity contribution in [2.75, 3.05) is 0 Å². The van der Waals surface area contributed by atoms with Gasteiger partial charge in [0.05, 0.1) is 11.7 Å². The Morgan fingerprint density at radius 1 is 1.08 bits per heavy atom. The maximum atomic E-state index is 11.9. The van der Waals surface area contributed by atoms with Gasteiger partial charge in [-0.2, -0.15) is 5.26 Å². The van der Waals surface area contributed by atoms with Crippen LogP contribution in [0.1, 0.15) is 65.2 Å². The fraction of sp³-hybridized carbons (Fsp3) is 0.800. The summed E-state index contributed by atoms with van der Waals surface area (Å²) in [5.74, 6) is 0.468. The maximum Gasteiger partial charge on any atom is 0.156 e. The molecule has 0 aromatic rings. The molecule has 2 N–H and O–H groups in total. The normalized spacial score (nSPS) is 53.5. The van der Waals surface area contributed by atoms with Gasteiger partial charge in [-0.25, -0.2) is 0 Å². The Kier molecular flexibility index (Phi) is 3.20. The zero-order chi connectivity index (χ0) is 17.4. The van der Waals surface area contributed by atoms with E-state index in [1.165, 1.54) is 0 Å². The Hall–Kier alpha value is -1.18. The number of fused-ring (bicyclic) bond motifs is 5. The lowest BCUT2D eigenvalue weighted by molar-refractivity contribution is -0.202. The summed E-state index contributed by atoms with van der Waals surface area (Å²) >= 11 is 0. The number of nitriles is 1. The SMILES string of the molecule is C[C@]12CC[C@]3(O)[C@@H](CCC4=CC(=O)CC[C@@]43C)[C@@H]1CCC2(O)C#N. The van der Waals surface area contributed by atoms with Gasteiger partial charge in [0.25, 0.3) is 0 Å². The van der Waals surface area contributed by atoms with Crippen LogP contribution >= 0.6 is 0 Å². The lowest BCUT2D eigenvalue weighted by atomic mass is 9.44. The molecule has 0 aromatic carbocycles. The average Bonchev–Trinajstić information content (AvgIpc) is 2.82. The highest BCUT2D eigenvalue weighted by molar-refractivity contribution is 5.91. The van der Waals surface area contributed by atoms with Crippen molar-refractivity contribution in [3.8, 4) is 6.07 Å². The average molecular weight is 329 g/mol.